The van der Waals surface area contributed by atoms with Crippen molar-refractivity contribution in [2.24, 2.45) is 5.73 Å². The van der Waals surface area contributed by atoms with E-state index in [0.717, 1.165) is 24.2 Å². The molecule has 0 spiro atoms. The number of benzene rings is 1. The molecular weight excluding hydrogens is 304 g/mol. The highest BCUT2D eigenvalue weighted by Crippen LogP contribution is 2.12. The Morgan fingerprint density at radius 3 is 2.42 bits per heavy atom. The lowest BCUT2D eigenvalue weighted by molar-refractivity contribution is -0.126. The summed E-state index contributed by atoms with van der Waals surface area (Å²) < 4.78 is 0. The summed E-state index contributed by atoms with van der Waals surface area (Å²) in [5.41, 5.74) is 7.38. The van der Waals surface area contributed by atoms with E-state index in [9.17, 15) is 9.59 Å². The van der Waals surface area contributed by atoms with Gasteiger partial charge in [-0.3, -0.25) is 9.59 Å². The maximum atomic E-state index is 12.2. The van der Waals surface area contributed by atoms with Gasteiger partial charge in [-0.1, -0.05) is 12.1 Å². The van der Waals surface area contributed by atoms with Gasteiger partial charge in [0.2, 0.25) is 11.8 Å². The maximum Gasteiger partial charge on any atom is 0.246 e. The topological polar surface area (TPSA) is 87.5 Å². The van der Waals surface area contributed by atoms with Crippen molar-refractivity contribution < 1.29 is 9.59 Å². The average molecular weight is 334 g/mol. The van der Waals surface area contributed by atoms with Gasteiger partial charge in [-0.2, -0.15) is 0 Å². The quantitative estimate of drug-likeness (QED) is 0.670. The Hall–Kier alpha value is -1.92. The molecule has 0 bridgehead atoms. The van der Waals surface area contributed by atoms with E-state index in [0.29, 0.717) is 6.04 Å². The molecule has 2 amide bonds. The van der Waals surface area contributed by atoms with Gasteiger partial charge in [0.05, 0.1) is 6.04 Å². The van der Waals surface area contributed by atoms with E-state index in [1.165, 1.54) is 0 Å². The number of nitrogens with two attached hydrogens (primary N) is 1. The number of nitrogens with one attached hydrogen (secondary N) is 2. The SMILES string of the molecule is CC(C)N(C)CCc1cccc(NC(=O)[C@H](C)NC(=O)[C@H](C)N)c1. The number of amides is 2. The van der Waals surface area contributed by atoms with Crippen LogP contribution in [0.15, 0.2) is 24.3 Å². The number of anilines is 1. The van der Waals surface area contributed by atoms with Crippen molar-refractivity contribution in [1.82, 2.24) is 10.2 Å². The van der Waals surface area contributed by atoms with E-state index in [-0.39, 0.29) is 11.8 Å². The zero-order chi connectivity index (χ0) is 18.3. The van der Waals surface area contributed by atoms with Crippen LogP contribution in [0.1, 0.15) is 33.3 Å². The summed E-state index contributed by atoms with van der Waals surface area (Å²) in [5.74, 6) is -0.608. The zero-order valence-electron chi connectivity index (χ0n) is 15.3. The molecule has 0 radical (unpaired) electrons. The lowest BCUT2D eigenvalue weighted by atomic mass is 10.1. The maximum absolute atomic E-state index is 12.2. The van der Waals surface area contributed by atoms with Gasteiger partial charge in [-0.15, -0.1) is 0 Å². The average Bonchev–Trinajstić information content (AvgIpc) is 2.52. The van der Waals surface area contributed by atoms with Crippen molar-refractivity contribution in [3.05, 3.63) is 29.8 Å². The highest BCUT2D eigenvalue weighted by atomic mass is 16.2. The number of carbonyl (C=O) groups is 2. The predicted molar refractivity (Wildman–Crippen MR) is 97.8 cm³/mol. The van der Waals surface area contributed by atoms with E-state index in [1.54, 1.807) is 13.8 Å². The molecule has 6 heteroatoms. The molecule has 0 saturated heterocycles. The molecule has 0 aliphatic carbocycles. The fourth-order valence-corrected chi connectivity index (χ4v) is 2.03. The Balaban J connectivity index is 2.60. The first-order chi connectivity index (χ1) is 11.2. The number of nitrogens with zero attached hydrogens (tertiary/aromatic N) is 1. The summed E-state index contributed by atoms with van der Waals surface area (Å²) in [6.45, 7) is 8.49. The largest absolute Gasteiger partial charge is 0.343 e. The Labute approximate surface area is 144 Å². The highest BCUT2D eigenvalue weighted by Gasteiger charge is 2.17. The molecule has 0 aromatic heterocycles. The van der Waals surface area contributed by atoms with Crippen molar-refractivity contribution in [1.29, 1.82) is 0 Å². The molecule has 1 aromatic rings. The van der Waals surface area contributed by atoms with Crippen LogP contribution in [0.3, 0.4) is 0 Å². The number of carbonyl (C=O) groups excluding carboxylic acids is 2. The second kappa shape index (κ2) is 9.39. The van der Waals surface area contributed by atoms with E-state index >= 15 is 0 Å². The molecule has 0 aliphatic rings. The van der Waals surface area contributed by atoms with Gasteiger partial charge in [-0.25, -0.2) is 0 Å². The van der Waals surface area contributed by atoms with Gasteiger partial charge in [0.15, 0.2) is 0 Å². The molecule has 0 unspecified atom stereocenters. The zero-order valence-corrected chi connectivity index (χ0v) is 15.3. The molecule has 0 aliphatic heterocycles. The first kappa shape index (κ1) is 20.1. The van der Waals surface area contributed by atoms with E-state index < -0.39 is 12.1 Å². The summed E-state index contributed by atoms with van der Waals surface area (Å²) >= 11 is 0. The fourth-order valence-electron chi connectivity index (χ4n) is 2.03. The Kier molecular flexibility index (Phi) is 7.88. The van der Waals surface area contributed by atoms with Crippen molar-refractivity contribution in [2.45, 2.75) is 52.2 Å². The van der Waals surface area contributed by atoms with Gasteiger partial charge in [0.25, 0.3) is 0 Å². The molecule has 2 atom stereocenters. The Bertz CT molecular complexity index is 558. The summed E-state index contributed by atoms with van der Waals surface area (Å²) in [5, 5.41) is 5.41. The normalized spacial score (nSPS) is 13.7. The monoisotopic (exact) mass is 334 g/mol. The van der Waals surface area contributed by atoms with E-state index in [2.05, 4.69) is 36.4 Å². The molecule has 24 heavy (non-hydrogen) atoms. The summed E-state index contributed by atoms with van der Waals surface area (Å²) in [7, 11) is 2.10. The van der Waals surface area contributed by atoms with Crippen LogP contribution in [0.4, 0.5) is 5.69 Å². The molecule has 0 saturated carbocycles. The van der Waals surface area contributed by atoms with Gasteiger partial charge < -0.3 is 21.3 Å². The van der Waals surface area contributed by atoms with Crippen molar-refractivity contribution in [3.63, 3.8) is 0 Å². The lowest BCUT2D eigenvalue weighted by Gasteiger charge is -2.21. The van der Waals surface area contributed by atoms with Crippen molar-refractivity contribution >= 4 is 17.5 Å². The van der Waals surface area contributed by atoms with Gasteiger partial charge in [0.1, 0.15) is 6.04 Å². The van der Waals surface area contributed by atoms with E-state index in [4.69, 9.17) is 5.73 Å². The van der Waals surface area contributed by atoms with Crippen LogP contribution in [-0.2, 0) is 16.0 Å². The molecule has 1 aromatic carbocycles. The highest BCUT2D eigenvalue weighted by molar-refractivity contribution is 5.97. The van der Waals surface area contributed by atoms with E-state index in [1.807, 2.05) is 24.3 Å². The number of hydrogen-bond acceptors (Lipinski definition) is 4. The minimum absolute atomic E-state index is 0.263. The number of rotatable bonds is 8. The lowest BCUT2D eigenvalue weighted by Crippen LogP contribution is -2.47. The van der Waals surface area contributed by atoms with Crippen LogP contribution in [0.2, 0.25) is 0 Å². The number of likely N-dealkylation sites (N-methyl/N-ethyl adjacent to an activating group) is 1. The third-order valence-electron chi connectivity index (χ3n) is 3.99. The third kappa shape index (κ3) is 6.68. The second-order valence-corrected chi connectivity index (χ2v) is 6.53. The van der Waals surface area contributed by atoms with Crippen LogP contribution in [0, 0.1) is 0 Å². The van der Waals surface area contributed by atoms with Crippen molar-refractivity contribution in [3.8, 4) is 0 Å². The first-order valence-electron chi connectivity index (χ1n) is 8.36. The van der Waals surface area contributed by atoms with Crippen LogP contribution < -0.4 is 16.4 Å². The number of hydrogen-bond donors (Lipinski definition) is 3. The molecular formula is C18H30N4O2. The van der Waals surface area contributed by atoms with Crippen LogP contribution in [0.25, 0.3) is 0 Å². The van der Waals surface area contributed by atoms with Crippen LogP contribution >= 0.6 is 0 Å². The minimum Gasteiger partial charge on any atom is -0.343 e. The van der Waals surface area contributed by atoms with Crippen LogP contribution in [-0.4, -0.2) is 48.4 Å². The third-order valence-corrected chi connectivity index (χ3v) is 3.99. The summed E-state index contributed by atoms with van der Waals surface area (Å²) in [4.78, 5) is 26.0. The molecule has 134 valence electrons. The summed E-state index contributed by atoms with van der Waals surface area (Å²) in [6.07, 6.45) is 0.912. The predicted octanol–water partition coefficient (Wildman–Crippen LogP) is 1.36. The molecule has 0 heterocycles. The smallest absolute Gasteiger partial charge is 0.246 e. The fraction of sp³-hybridized carbons (Fsp3) is 0.556. The molecule has 0 fully saturated rings. The molecule has 4 N–H and O–H groups in total. The van der Waals surface area contributed by atoms with Gasteiger partial charge in [-0.05, 0) is 58.9 Å². The first-order valence-corrected chi connectivity index (χ1v) is 8.36. The standard InChI is InChI=1S/C18H30N4O2/c1-12(2)22(5)10-9-15-7-6-8-16(11-15)21-18(24)14(4)20-17(23)13(3)19/h6-8,11-14H,9-10,19H2,1-5H3,(H,20,23)(H,21,24)/t13-,14-/m0/s1. The molecule has 1 rings (SSSR count). The second-order valence-electron chi connectivity index (χ2n) is 6.53. The van der Waals surface area contributed by atoms with Crippen LogP contribution in [0.5, 0.6) is 0 Å². The van der Waals surface area contributed by atoms with Gasteiger partial charge >= 0.3 is 0 Å². The van der Waals surface area contributed by atoms with Gasteiger partial charge in [0, 0.05) is 18.3 Å². The molecule has 6 nitrogen and oxygen atoms in total. The summed E-state index contributed by atoms with van der Waals surface area (Å²) in [6, 6.07) is 7.00. The minimum atomic E-state index is -0.640. The van der Waals surface area contributed by atoms with Crippen molar-refractivity contribution in [2.75, 3.05) is 18.9 Å². The Morgan fingerprint density at radius 1 is 1.17 bits per heavy atom. The Morgan fingerprint density at radius 2 is 1.83 bits per heavy atom.